The number of aromatic amines is 1. The van der Waals surface area contributed by atoms with E-state index in [0.29, 0.717) is 15.6 Å². The van der Waals surface area contributed by atoms with Crippen molar-refractivity contribution < 1.29 is 9.59 Å². The van der Waals surface area contributed by atoms with Crippen molar-refractivity contribution in [2.75, 3.05) is 16.8 Å². The zero-order valence-electron chi connectivity index (χ0n) is 15.9. The van der Waals surface area contributed by atoms with Crippen LogP contribution in [0.15, 0.2) is 58.5 Å². The number of rotatable bonds is 7. The van der Waals surface area contributed by atoms with Gasteiger partial charge in [-0.15, -0.1) is 0 Å². The minimum atomic E-state index is -0.631. The minimum Gasteiger partial charge on any atom is -0.382 e. The van der Waals surface area contributed by atoms with E-state index < -0.39 is 11.5 Å². The molecule has 3 aromatic rings. The summed E-state index contributed by atoms with van der Waals surface area (Å²) in [7, 11) is 0. The molecule has 0 spiro atoms. The van der Waals surface area contributed by atoms with Crippen molar-refractivity contribution in [3.63, 3.8) is 0 Å². The summed E-state index contributed by atoms with van der Waals surface area (Å²) >= 11 is 12.9. The lowest BCUT2D eigenvalue weighted by molar-refractivity contribution is -0.118. The van der Waals surface area contributed by atoms with Gasteiger partial charge in [-0.2, -0.15) is 0 Å². The number of nitrogens with zero attached hydrogens (tertiary/aromatic N) is 1. The van der Waals surface area contributed by atoms with Gasteiger partial charge in [0.15, 0.2) is 11.0 Å². The van der Waals surface area contributed by atoms with Crippen molar-refractivity contribution in [2.24, 2.45) is 0 Å². The monoisotopic (exact) mass is 477 g/mol. The topological polar surface area (TPSA) is 130 Å². The third-order valence-corrected chi connectivity index (χ3v) is 5.54. The first kappa shape index (κ1) is 22.7. The second-order valence-corrected chi connectivity index (χ2v) is 8.06. The van der Waals surface area contributed by atoms with E-state index in [-0.39, 0.29) is 34.9 Å². The maximum Gasteiger partial charge on any atom is 0.277 e. The quantitative estimate of drug-likeness (QED) is 0.305. The molecule has 2 amide bonds. The van der Waals surface area contributed by atoms with E-state index in [0.717, 1.165) is 17.3 Å². The highest BCUT2D eigenvalue weighted by Crippen LogP contribution is 2.18. The number of thioether (sulfide) groups is 1. The number of anilines is 2. The van der Waals surface area contributed by atoms with Crippen LogP contribution in [0.3, 0.4) is 0 Å². The van der Waals surface area contributed by atoms with Crippen LogP contribution in [0.1, 0.15) is 15.9 Å². The molecule has 0 saturated carbocycles. The van der Waals surface area contributed by atoms with Gasteiger partial charge in [0.2, 0.25) is 5.91 Å². The normalized spacial score (nSPS) is 10.5. The molecule has 0 unspecified atom stereocenters. The van der Waals surface area contributed by atoms with Crippen molar-refractivity contribution in [3.05, 3.63) is 80.1 Å². The number of amides is 2. The Balaban J connectivity index is 1.59. The minimum absolute atomic E-state index is 0.00329. The average molecular weight is 478 g/mol. The Morgan fingerprint density at radius 1 is 1.10 bits per heavy atom. The molecular weight excluding hydrogens is 461 g/mol. The molecule has 0 aliphatic rings. The lowest BCUT2D eigenvalue weighted by Gasteiger charge is -2.09. The molecule has 5 N–H and O–H groups in total. The van der Waals surface area contributed by atoms with Gasteiger partial charge in [0.25, 0.3) is 11.5 Å². The Hall–Kier alpha value is -3.01. The predicted octanol–water partition coefficient (Wildman–Crippen LogP) is 3.32. The van der Waals surface area contributed by atoms with Gasteiger partial charge in [0.1, 0.15) is 5.69 Å². The largest absolute Gasteiger partial charge is 0.382 e. The van der Waals surface area contributed by atoms with Gasteiger partial charge in [-0.25, -0.2) is 4.98 Å². The summed E-state index contributed by atoms with van der Waals surface area (Å²) in [6, 6.07) is 13.3. The van der Waals surface area contributed by atoms with Crippen LogP contribution in [0, 0.1) is 0 Å². The van der Waals surface area contributed by atoms with Gasteiger partial charge >= 0.3 is 0 Å². The Labute approximate surface area is 191 Å². The smallest absolute Gasteiger partial charge is 0.277 e. The van der Waals surface area contributed by atoms with E-state index in [1.165, 1.54) is 12.1 Å². The highest BCUT2D eigenvalue weighted by molar-refractivity contribution is 7.99. The van der Waals surface area contributed by atoms with Gasteiger partial charge in [-0.05, 0) is 35.9 Å². The van der Waals surface area contributed by atoms with Crippen LogP contribution < -0.4 is 21.9 Å². The Morgan fingerprint density at radius 2 is 1.81 bits per heavy atom. The Morgan fingerprint density at radius 3 is 2.48 bits per heavy atom. The zero-order valence-corrected chi connectivity index (χ0v) is 18.3. The van der Waals surface area contributed by atoms with Crippen LogP contribution in [0.2, 0.25) is 10.0 Å². The summed E-state index contributed by atoms with van der Waals surface area (Å²) in [6.07, 6.45) is 0. The standard InChI is InChI=1S/C20H17Cl2N5O3S/c21-13-7-5-11(6-8-13)18(29)25-16-17(23)26-20(27-19(16)30)31-10-15(28)24-9-12-3-1-2-4-14(12)22/h1-8H,9-10H2,(H,24,28)(H,25,29)(H3,23,26,27,30). The molecule has 0 atom stereocenters. The van der Waals surface area contributed by atoms with Crippen LogP contribution in [0.5, 0.6) is 0 Å². The zero-order chi connectivity index (χ0) is 22.4. The van der Waals surface area contributed by atoms with Crippen molar-refractivity contribution >= 4 is 58.3 Å². The number of carbonyl (C=O) groups is 2. The van der Waals surface area contributed by atoms with E-state index in [1.807, 2.05) is 12.1 Å². The molecule has 0 fully saturated rings. The number of H-pyrrole nitrogens is 1. The van der Waals surface area contributed by atoms with Gasteiger partial charge in [-0.1, -0.05) is 53.2 Å². The molecule has 1 aromatic heterocycles. The molecular formula is C20H17Cl2N5O3S. The fourth-order valence-electron chi connectivity index (χ4n) is 2.47. The molecule has 31 heavy (non-hydrogen) atoms. The number of nitrogen functional groups attached to an aromatic ring is 1. The van der Waals surface area contributed by atoms with Crippen LogP contribution in [0.4, 0.5) is 11.5 Å². The maximum atomic E-state index is 12.3. The molecule has 3 rings (SSSR count). The van der Waals surface area contributed by atoms with Crippen LogP contribution >= 0.6 is 35.0 Å². The molecule has 0 radical (unpaired) electrons. The van der Waals surface area contributed by atoms with Crippen LogP contribution in [0.25, 0.3) is 0 Å². The van der Waals surface area contributed by atoms with E-state index in [9.17, 15) is 14.4 Å². The summed E-state index contributed by atoms with van der Waals surface area (Å²) < 4.78 is 0. The number of halogens is 2. The van der Waals surface area contributed by atoms with Crippen LogP contribution in [-0.4, -0.2) is 27.5 Å². The van der Waals surface area contributed by atoms with Crippen molar-refractivity contribution in [1.82, 2.24) is 15.3 Å². The molecule has 160 valence electrons. The van der Waals surface area contributed by atoms with Crippen molar-refractivity contribution in [1.29, 1.82) is 0 Å². The number of hydrogen-bond acceptors (Lipinski definition) is 6. The van der Waals surface area contributed by atoms with Crippen LogP contribution in [-0.2, 0) is 11.3 Å². The molecule has 8 nitrogen and oxygen atoms in total. The van der Waals surface area contributed by atoms with Gasteiger partial charge in [-0.3, -0.25) is 19.4 Å². The molecule has 0 aliphatic heterocycles. The number of nitrogens with one attached hydrogen (secondary N) is 3. The van der Waals surface area contributed by atoms with Gasteiger partial charge in [0, 0.05) is 22.2 Å². The number of benzene rings is 2. The first-order valence-corrected chi connectivity index (χ1v) is 10.7. The number of nitrogens with two attached hydrogens (primary N) is 1. The first-order chi connectivity index (χ1) is 14.8. The SMILES string of the molecule is Nc1nc(SCC(=O)NCc2ccccc2Cl)[nH]c(=O)c1NC(=O)c1ccc(Cl)cc1. The summed E-state index contributed by atoms with van der Waals surface area (Å²) in [5, 5.41) is 6.37. The van der Waals surface area contributed by atoms with E-state index in [1.54, 1.807) is 24.3 Å². The highest BCUT2D eigenvalue weighted by atomic mass is 35.5. The summed E-state index contributed by atoms with van der Waals surface area (Å²) in [4.78, 5) is 43.2. The fraction of sp³-hybridized carbons (Fsp3) is 0.100. The molecule has 2 aromatic carbocycles. The average Bonchev–Trinajstić information content (AvgIpc) is 2.74. The molecule has 0 aliphatic carbocycles. The predicted molar refractivity (Wildman–Crippen MR) is 123 cm³/mol. The second-order valence-electron chi connectivity index (χ2n) is 6.25. The summed E-state index contributed by atoms with van der Waals surface area (Å²) in [5.74, 6) is -0.963. The fourth-order valence-corrected chi connectivity index (χ4v) is 3.49. The third-order valence-electron chi connectivity index (χ3n) is 4.04. The van der Waals surface area contributed by atoms with E-state index in [4.69, 9.17) is 28.9 Å². The van der Waals surface area contributed by atoms with Crippen molar-refractivity contribution in [3.8, 4) is 0 Å². The van der Waals surface area contributed by atoms with E-state index in [2.05, 4.69) is 20.6 Å². The third kappa shape index (κ3) is 6.24. The van der Waals surface area contributed by atoms with Gasteiger partial charge < -0.3 is 16.4 Å². The Kier molecular flexibility index (Phi) is 7.56. The lowest BCUT2D eigenvalue weighted by Crippen LogP contribution is -2.25. The molecule has 0 bridgehead atoms. The molecule has 0 saturated heterocycles. The summed E-state index contributed by atoms with van der Waals surface area (Å²) in [6.45, 7) is 0.279. The van der Waals surface area contributed by atoms with E-state index >= 15 is 0 Å². The second kappa shape index (κ2) is 10.3. The first-order valence-electron chi connectivity index (χ1n) is 8.93. The number of aromatic nitrogens is 2. The van der Waals surface area contributed by atoms with Crippen molar-refractivity contribution in [2.45, 2.75) is 11.7 Å². The molecule has 1 heterocycles. The highest BCUT2D eigenvalue weighted by Gasteiger charge is 2.15. The number of carbonyl (C=O) groups excluding carboxylic acids is 2. The summed E-state index contributed by atoms with van der Waals surface area (Å²) in [5.41, 5.74) is 6.12. The lowest BCUT2D eigenvalue weighted by atomic mass is 10.2. The molecule has 11 heteroatoms. The maximum absolute atomic E-state index is 12.3. The van der Waals surface area contributed by atoms with Gasteiger partial charge in [0.05, 0.1) is 5.75 Å². The number of hydrogen-bond donors (Lipinski definition) is 4. The Bertz CT molecular complexity index is 1170.